The molecular weight excluding hydrogens is 534 g/mol. The SMILES string of the molecule is CC(C)(C)c1ccc2c(c1)C1(c3cc(Nc4ccc5c(c4)oc4cc6ccccc6cc45)ccc3-2)C2CC3CC(C2)CC1C3. The molecule has 1 spiro atoms. The number of hydrogen-bond acceptors (Lipinski definition) is 2. The topological polar surface area (TPSA) is 25.2 Å². The zero-order chi connectivity index (χ0) is 29.4. The van der Waals surface area contributed by atoms with E-state index in [1.165, 1.54) is 76.0 Å². The molecule has 2 nitrogen and oxygen atoms in total. The van der Waals surface area contributed by atoms with Gasteiger partial charge in [0.25, 0.3) is 0 Å². The molecular formula is C42H39NO. The molecule has 0 saturated heterocycles. The number of nitrogens with one attached hydrogen (secondary N) is 1. The Kier molecular flexibility index (Phi) is 4.93. The monoisotopic (exact) mass is 573 g/mol. The molecule has 44 heavy (non-hydrogen) atoms. The van der Waals surface area contributed by atoms with Crippen molar-refractivity contribution in [1.29, 1.82) is 0 Å². The quantitative estimate of drug-likeness (QED) is 0.223. The van der Waals surface area contributed by atoms with Crippen LogP contribution in [0.5, 0.6) is 0 Å². The van der Waals surface area contributed by atoms with Gasteiger partial charge in [-0.2, -0.15) is 0 Å². The lowest BCUT2D eigenvalue weighted by atomic mass is 9.43. The molecule has 0 unspecified atom stereocenters. The molecule has 0 radical (unpaired) electrons. The number of anilines is 2. The van der Waals surface area contributed by atoms with E-state index in [-0.39, 0.29) is 10.8 Å². The summed E-state index contributed by atoms with van der Waals surface area (Å²) in [5, 5.41) is 8.62. The van der Waals surface area contributed by atoms with Gasteiger partial charge in [0.05, 0.1) is 0 Å². The fraction of sp³-hybridized carbons (Fsp3) is 0.333. The molecule has 1 N–H and O–H groups in total. The second-order valence-electron chi connectivity index (χ2n) is 15.6. The molecule has 4 bridgehead atoms. The lowest BCUT2D eigenvalue weighted by Gasteiger charge is -2.61. The van der Waals surface area contributed by atoms with Crippen LogP contribution in [0.25, 0.3) is 43.8 Å². The van der Waals surface area contributed by atoms with E-state index in [0.29, 0.717) is 0 Å². The van der Waals surface area contributed by atoms with Crippen LogP contribution in [0.15, 0.2) is 95.4 Å². The van der Waals surface area contributed by atoms with Crippen LogP contribution in [0.4, 0.5) is 11.4 Å². The van der Waals surface area contributed by atoms with Gasteiger partial charge in [-0.3, -0.25) is 0 Å². The molecule has 4 saturated carbocycles. The first kappa shape index (κ1) is 25.3. The lowest BCUT2D eigenvalue weighted by molar-refractivity contribution is -0.0399. The summed E-state index contributed by atoms with van der Waals surface area (Å²) in [6, 6.07) is 34.3. The van der Waals surface area contributed by atoms with Crippen molar-refractivity contribution in [3.8, 4) is 11.1 Å². The number of fused-ring (bicyclic) bond motifs is 7. The maximum atomic E-state index is 6.41. The maximum Gasteiger partial charge on any atom is 0.137 e. The molecule has 0 aliphatic heterocycles. The van der Waals surface area contributed by atoms with Crippen molar-refractivity contribution in [2.24, 2.45) is 23.7 Å². The minimum Gasteiger partial charge on any atom is -0.456 e. The Hall–Kier alpha value is -4.04. The third kappa shape index (κ3) is 3.37. The van der Waals surface area contributed by atoms with Gasteiger partial charge in [-0.25, -0.2) is 0 Å². The van der Waals surface area contributed by atoms with Gasteiger partial charge >= 0.3 is 0 Å². The molecule has 5 aromatic carbocycles. The summed E-state index contributed by atoms with van der Waals surface area (Å²) in [6.45, 7) is 7.09. The first-order valence-electron chi connectivity index (χ1n) is 16.8. The Balaban J connectivity index is 1.08. The first-order valence-corrected chi connectivity index (χ1v) is 16.8. The Morgan fingerprint density at radius 1 is 0.614 bits per heavy atom. The van der Waals surface area contributed by atoms with Crippen molar-refractivity contribution in [2.45, 2.75) is 63.7 Å². The van der Waals surface area contributed by atoms with Crippen molar-refractivity contribution in [3.05, 3.63) is 108 Å². The van der Waals surface area contributed by atoms with Crippen LogP contribution in [0.2, 0.25) is 0 Å². The number of hydrogen-bond donors (Lipinski definition) is 1. The van der Waals surface area contributed by atoms with Gasteiger partial charge in [-0.05, 0) is 136 Å². The van der Waals surface area contributed by atoms with Crippen molar-refractivity contribution in [2.75, 3.05) is 5.32 Å². The van der Waals surface area contributed by atoms with Crippen molar-refractivity contribution in [3.63, 3.8) is 0 Å². The van der Waals surface area contributed by atoms with Crippen LogP contribution < -0.4 is 5.32 Å². The van der Waals surface area contributed by atoms with Gasteiger partial charge < -0.3 is 9.73 Å². The minimum absolute atomic E-state index is 0.144. The van der Waals surface area contributed by atoms with E-state index in [4.69, 9.17) is 4.42 Å². The Morgan fingerprint density at radius 2 is 1.23 bits per heavy atom. The highest BCUT2D eigenvalue weighted by molar-refractivity contribution is 6.10. The van der Waals surface area contributed by atoms with Crippen molar-refractivity contribution in [1.82, 2.24) is 0 Å². The van der Waals surface area contributed by atoms with Gasteiger partial charge in [0, 0.05) is 33.6 Å². The highest BCUT2D eigenvalue weighted by Crippen LogP contribution is 2.69. The molecule has 2 heteroatoms. The minimum atomic E-state index is 0.144. The molecule has 0 atom stereocenters. The Morgan fingerprint density at radius 3 is 1.95 bits per heavy atom. The van der Waals surface area contributed by atoms with E-state index in [1.54, 1.807) is 11.1 Å². The summed E-state index contributed by atoms with van der Waals surface area (Å²) >= 11 is 0. The van der Waals surface area contributed by atoms with Gasteiger partial charge in [-0.1, -0.05) is 69.3 Å². The molecule has 0 amide bonds. The fourth-order valence-corrected chi connectivity index (χ4v) is 10.4. The number of furan rings is 1. The van der Waals surface area contributed by atoms with Crippen LogP contribution in [-0.2, 0) is 10.8 Å². The van der Waals surface area contributed by atoms with Crippen LogP contribution in [0.3, 0.4) is 0 Å². The highest BCUT2D eigenvalue weighted by atomic mass is 16.3. The van der Waals surface area contributed by atoms with Gasteiger partial charge in [-0.15, -0.1) is 0 Å². The number of rotatable bonds is 2. The van der Waals surface area contributed by atoms with Gasteiger partial charge in [0.2, 0.25) is 0 Å². The molecule has 11 rings (SSSR count). The molecule has 5 aliphatic carbocycles. The zero-order valence-electron chi connectivity index (χ0n) is 25.9. The van der Waals surface area contributed by atoms with E-state index >= 15 is 0 Å². The molecule has 218 valence electrons. The predicted molar refractivity (Wildman–Crippen MR) is 183 cm³/mol. The summed E-state index contributed by atoms with van der Waals surface area (Å²) in [6.07, 6.45) is 7.09. The van der Waals surface area contributed by atoms with Crippen LogP contribution in [0.1, 0.15) is 69.6 Å². The third-order valence-electron chi connectivity index (χ3n) is 12.1. The zero-order valence-corrected chi connectivity index (χ0v) is 25.9. The predicted octanol–water partition coefficient (Wildman–Crippen LogP) is 11.5. The highest BCUT2D eigenvalue weighted by Gasteiger charge is 2.61. The largest absolute Gasteiger partial charge is 0.456 e. The van der Waals surface area contributed by atoms with Crippen LogP contribution in [0, 0.1) is 23.7 Å². The van der Waals surface area contributed by atoms with Crippen LogP contribution >= 0.6 is 0 Å². The first-order chi connectivity index (χ1) is 21.3. The van der Waals surface area contributed by atoms with E-state index in [2.05, 4.69) is 117 Å². The second kappa shape index (κ2) is 8.57. The fourth-order valence-electron chi connectivity index (χ4n) is 10.4. The smallest absolute Gasteiger partial charge is 0.137 e. The van der Waals surface area contributed by atoms with Crippen molar-refractivity contribution >= 4 is 44.1 Å². The standard InChI is InChI=1S/C42H39NO/c1-41(2,3)28-8-11-33-34-12-9-31(22-38(34)42(37(33)21-28)29-15-24-14-25(17-29)18-30(42)16-24)43-32-10-13-35-36-19-26-6-4-5-7-27(26)20-39(36)44-40(35)23-32/h4-13,19-25,29-30,43H,14-18H2,1-3H3. The summed E-state index contributed by atoms with van der Waals surface area (Å²) in [4.78, 5) is 0. The van der Waals surface area contributed by atoms with E-state index in [0.717, 1.165) is 40.5 Å². The third-order valence-corrected chi connectivity index (χ3v) is 12.1. The van der Waals surface area contributed by atoms with E-state index < -0.39 is 0 Å². The summed E-state index contributed by atoms with van der Waals surface area (Å²) in [5.41, 5.74) is 12.1. The average Bonchev–Trinajstić information content (AvgIpc) is 3.49. The molecule has 4 fully saturated rings. The Bertz CT molecular complexity index is 2130. The molecule has 1 heterocycles. The van der Waals surface area contributed by atoms with E-state index in [9.17, 15) is 0 Å². The van der Waals surface area contributed by atoms with Gasteiger partial charge in [0.1, 0.15) is 11.2 Å². The molecule has 6 aromatic rings. The van der Waals surface area contributed by atoms with Gasteiger partial charge in [0.15, 0.2) is 0 Å². The van der Waals surface area contributed by atoms with E-state index in [1.807, 2.05) is 0 Å². The lowest BCUT2D eigenvalue weighted by Crippen LogP contribution is -2.55. The normalized spacial score (nSPS) is 26.6. The molecule has 1 aromatic heterocycles. The summed E-state index contributed by atoms with van der Waals surface area (Å²) in [7, 11) is 0. The number of benzene rings is 5. The summed E-state index contributed by atoms with van der Waals surface area (Å²) < 4.78 is 6.41. The van der Waals surface area contributed by atoms with Crippen molar-refractivity contribution < 1.29 is 4.42 Å². The maximum absolute atomic E-state index is 6.41. The summed E-state index contributed by atoms with van der Waals surface area (Å²) in [5.74, 6) is 3.39. The van der Waals surface area contributed by atoms with Crippen LogP contribution in [-0.4, -0.2) is 0 Å². The second-order valence-corrected chi connectivity index (χ2v) is 15.6. The molecule has 5 aliphatic rings. The average molecular weight is 574 g/mol. The Labute approximate surface area is 259 Å².